The number of hydrogen-bond donors (Lipinski definition) is 0. The van der Waals surface area contributed by atoms with E-state index in [0.29, 0.717) is 12.8 Å². The van der Waals surface area contributed by atoms with Gasteiger partial charge in [-0.3, -0.25) is 14.2 Å². The van der Waals surface area contributed by atoms with E-state index in [1.165, 1.54) is 19.1 Å². The Bertz CT molecular complexity index is 912. The van der Waals surface area contributed by atoms with Gasteiger partial charge in [-0.05, 0) is 31.9 Å². The summed E-state index contributed by atoms with van der Waals surface area (Å²) in [5.41, 5.74) is -1.10. The molecule has 0 saturated heterocycles. The molecule has 1 atom stereocenters. The van der Waals surface area contributed by atoms with Crippen molar-refractivity contribution in [2.45, 2.75) is 38.4 Å². The van der Waals surface area contributed by atoms with Gasteiger partial charge >= 0.3 is 6.18 Å². The molecule has 126 valence electrons. The van der Waals surface area contributed by atoms with Crippen LogP contribution >= 0.6 is 0 Å². The molecule has 24 heavy (non-hydrogen) atoms. The predicted molar refractivity (Wildman–Crippen MR) is 82.8 cm³/mol. The third-order valence-electron chi connectivity index (χ3n) is 4.29. The van der Waals surface area contributed by atoms with Crippen LogP contribution in [0.2, 0.25) is 0 Å². The summed E-state index contributed by atoms with van der Waals surface area (Å²) in [5, 5.41) is -0.493. The highest BCUT2D eigenvalue weighted by Crippen LogP contribution is 2.34. The van der Waals surface area contributed by atoms with Crippen molar-refractivity contribution in [3.05, 3.63) is 52.1 Å². The van der Waals surface area contributed by atoms with Crippen molar-refractivity contribution in [1.29, 1.82) is 0 Å². The third-order valence-corrected chi connectivity index (χ3v) is 4.29. The smallest absolute Gasteiger partial charge is 0.297 e. The van der Waals surface area contributed by atoms with Crippen molar-refractivity contribution in [1.82, 2.24) is 9.55 Å². The third kappa shape index (κ3) is 2.64. The minimum Gasteiger partial charge on any atom is -0.297 e. The molecule has 0 bridgehead atoms. The lowest BCUT2D eigenvalue weighted by Gasteiger charge is -2.26. The van der Waals surface area contributed by atoms with Gasteiger partial charge in [0.15, 0.2) is 5.78 Å². The molecule has 1 saturated carbocycles. The summed E-state index contributed by atoms with van der Waals surface area (Å²) >= 11 is 0. The number of aromatic nitrogens is 2. The Kier molecular flexibility index (Phi) is 3.81. The Labute approximate surface area is 135 Å². The van der Waals surface area contributed by atoms with Crippen molar-refractivity contribution in [3.63, 3.8) is 0 Å². The summed E-state index contributed by atoms with van der Waals surface area (Å²) in [5.74, 6) is 0.0137. The standard InChI is InChI=1S/C17H15F3N2O2/c1-9-6-7-13(14(23)8-9)22-10(2)21-12-5-3-4-11(17(18,19)20)15(12)16(22)24/h3-5,13H,1,6-8H2,2H3. The summed E-state index contributed by atoms with van der Waals surface area (Å²) in [7, 11) is 0. The van der Waals surface area contributed by atoms with Crippen molar-refractivity contribution in [2.24, 2.45) is 0 Å². The van der Waals surface area contributed by atoms with Gasteiger partial charge in [0.1, 0.15) is 5.82 Å². The number of aryl methyl sites for hydroxylation is 1. The highest BCUT2D eigenvalue weighted by atomic mass is 19.4. The molecule has 4 nitrogen and oxygen atoms in total. The zero-order valence-corrected chi connectivity index (χ0v) is 13.0. The van der Waals surface area contributed by atoms with Crippen molar-refractivity contribution >= 4 is 16.7 Å². The van der Waals surface area contributed by atoms with E-state index in [-0.39, 0.29) is 23.5 Å². The summed E-state index contributed by atoms with van der Waals surface area (Å²) < 4.78 is 40.8. The minimum atomic E-state index is -4.67. The SMILES string of the molecule is C=C1CCC(n2c(C)nc3cccc(C(F)(F)F)c3c2=O)C(=O)C1. The van der Waals surface area contributed by atoms with E-state index in [0.717, 1.165) is 16.2 Å². The molecule has 1 aromatic heterocycles. The van der Waals surface area contributed by atoms with Crippen LogP contribution in [0.4, 0.5) is 13.2 Å². The van der Waals surface area contributed by atoms with E-state index in [4.69, 9.17) is 0 Å². The first-order valence-electron chi connectivity index (χ1n) is 7.48. The zero-order valence-electron chi connectivity index (χ0n) is 13.0. The zero-order chi connectivity index (χ0) is 17.6. The molecule has 1 unspecified atom stereocenters. The number of carbonyl (C=O) groups excluding carboxylic acids is 1. The number of rotatable bonds is 1. The molecule has 3 rings (SSSR count). The highest BCUT2D eigenvalue weighted by Gasteiger charge is 2.35. The topological polar surface area (TPSA) is 52.0 Å². The number of allylic oxidation sites excluding steroid dienone is 1. The van der Waals surface area contributed by atoms with Crippen molar-refractivity contribution in [3.8, 4) is 0 Å². The second-order valence-electron chi connectivity index (χ2n) is 5.98. The van der Waals surface area contributed by atoms with Crippen LogP contribution in [-0.2, 0) is 11.0 Å². The largest absolute Gasteiger partial charge is 0.417 e. The monoisotopic (exact) mass is 336 g/mol. The van der Waals surface area contributed by atoms with E-state index in [2.05, 4.69) is 11.6 Å². The van der Waals surface area contributed by atoms with Gasteiger partial charge in [-0.15, -0.1) is 0 Å². The van der Waals surface area contributed by atoms with Crippen LogP contribution in [0.3, 0.4) is 0 Å². The Morgan fingerprint density at radius 1 is 1.29 bits per heavy atom. The highest BCUT2D eigenvalue weighted by molar-refractivity contribution is 5.87. The van der Waals surface area contributed by atoms with Crippen LogP contribution in [0, 0.1) is 6.92 Å². The predicted octanol–water partition coefficient (Wildman–Crippen LogP) is 3.57. The number of alkyl halides is 3. The molecule has 0 aliphatic heterocycles. The second-order valence-corrected chi connectivity index (χ2v) is 5.98. The van der Waals surface area contributed by atoms with Gasteiger partial charge < -0.3 is 0 Å². The summed E-state index contributed by atoms with van der Waals surface area (Å²) in [6, 6.07) is 2.65. The van der Waals surface area contributed by atoms with Gasteiger partial charge in [0, 0.05) is 6.42 Å². The molecule has 2 aromatic rings. The van der Waals surface area contributed by atoms with Crippen LogP contribution in [0.1, 0.15) is 36.7 Å². The van der Waals surface area contributed by atoms with E-state index in [1.54, 1.807) is 0 Å². The number of fused-ring (bicyclic) bond motifs is 1. The van der Waals surface area contributed by atoms with E-state index >= 15 is 0 Å². The van der Waals surface area contributed by atoms with E-state index < -0.39 is 28.7 Å². The van der Waals surface area contributed by atoms with Crippen LogP contribution in [0.5, 0.6) is 0 Å². The molecular formula is C17H15F3N2O2. The maximum absolute atomic E-state index is 13.2. The summed E-state index contributed by atoms with van der Waals surface area (Å²) in [6.07, 6.45) is -3.63. The normalized spacial score (nSPS) is 19.1. The van der Waals surface area contributed by atoms with Gasteiger partial charge in [-0.25, -0.2) is 4.98 Å². The lowest BCUT2D eigenvalue weighted by molar-refractivity contribution is -0.136. The molecule has 0 spiro atoms. The lowest BCUT2D eigenvalue weighted by Crippen LogP contribution is -2.35. The number of hydrogen-bond acceptors (Lipinski definition) is 3. The van der Waals surface area contributed by atoms with Crippen LogP contribution in [0.15, 0.2) is 35.1 Å². The number of ketones is 1. The van der Waals surface area contributed by atoms with Gasteiger partial charge in [0.2, 0.25) is 0 Å². The molecule has 1 aliphatic carbocycles. The number of halogens is 3. The first-order valence-corrected chi connectivity index (χ1v) is 7.48. The molecule has 0 N–H and O–H groups in total. The van der Waals surface area contributed by atoms with Gasteiger partial charge in [-0.1, -0.05) is 18.2 Å². The number of Topliss-reactive ketones (excluding diaryl/α,β-unsaturated/α-hetero) is 1. The molecule has 1 heterocycles. The summed E-state index contributed by atoms with van der Waals surface area (Å²) in [6.45, 7) is 5.29. The van der Waals surface area contributed by atoms with Crippen molar-refractivity contribution in [2.75, 3.05) is 0 Å². The lowest BCUT2D eigenvalue weighted by atomic mass is 9.90. The van der Waals surface area contributed by atoms with Gasteiger partial charge in [0.05, 0.1) is 22.5 Å². The molecular weight excluding hydrogens is 321 g/mol. The number of nitrogens with zero attached hydrogens (tertiary/aromatic N) is 2. The van der Waals surface area contributed by atoms with Crippen LogP contribution in [0.25, 0.3) is 10.9 Å². The first kappa shape index (κ1) is 16.4. The van der Waals surface area contributed by atoms with Crippen LogP contribution < -0.4 is 5.56 Å². The Morgan fingerprint density at radius 2 is 2.00 bits per heavy atom. The maximum atomic E-state index is 13.2. The van der Waals surface area contributed by atoms with Crippen LogP contribution in [-0.4, -0.2) is 15.3 Å². The quantitative estimate of drug-likeness (QED) is 0.748. The van der Waals surface area contributed by atoms with Crippen molar-refractivity contribution < 1.29 is 18.0 Å². The molecule has 1 fully saturated rings. The van der Waals surface area contributed by atoms with Gasteiger partial charge in [-0.2, -0.15) is 13.2 Å². The average Bonchev–Trinajstić information content (AvgIpc) is 2.47. The Balaban J connectivity index is 2.29. The first-order chi connectivity index (χ1) is 11.2. The molecule has 1 aliphatic rings. The number of carbonyl (C=O) groups is 1. The van der Waals surface area contributed by atoms with Gasteiger partial charge in [0.25, 0.3) is 5.56 Å². The molecule has 0 radical (unpaired) electrons. The number of benzene rings is 1. The maximum Gasteiger partial charge on any atom is 0.417 e. The fraction of sp³-hybridized carbons (Fsp3) is 0.353. The average molecular weight is 336 g/mol. The molecule has 0 amide bonds. The Hall–Kier alpha value is -2.44. The minimum absolute atomic E-state index is 0.0174. The molecule has 7 heteroatoms. The van der Waals surface area contributed by atoms with E-state index in [9.17, 15) is 22.8 Å². The fourth-order valence-electron chi connectivity index (χ4n) is 3.18. The molecule has 1 aromatic carbocycles. The second kappa shape index (κ2) is 5.58. The van der Waals surface area contributed by atoms with E-state index in [1.807, 2.05) is 0 Å². The Morgan fingerprint density at radius 3 is 2.62 bits per heavy atom. The fourth-order valence-corrected chi connectivity index (χ4v) is 3.18. The summed E-state index contributed by atoms with van der Waals surface area (Å²) in [4.78, 5) is 29.2.